The van der Waals surface area contributed by atoms with Crippen LogP contribution in [0.3, 0.4) is 0 Å². The number of piperidine rings is 1. The van der Waals surface area contributed by atoms with Crippen LogP contribution in [0.25, 0.3) is 0 Å². The number of likely N-dealkylation sites (tertiary alicyclic amines) is 1. The van der Waals surface area contributed by atoms with Crippen molar-refractivity contribution in [1.82, 2.24) is 15.1 Å². The number of carbonyl (C=O) groups is 4. The van der Waals surface area contributed by atoms with Crippen molar-refractivity contribution >= 4 is 23.6 Å². The molecule has 0 aromatic heterocycles. The summed E-state index contributed by atoms with van der Waals surface area (Å²) in [6, 6.07) is 4.19. The van der Waals surface area contributed by atoms with E-state index in [2.05, 4.69) is 10.2 Å². The van der Waals surface area contributed by atoms with Gasteiger partial charge in [0.05, 0.1) is 23.3 Å². The van der Waals surface area contributed by atoms with Gasteiger partial charge in [-0.05, 0) is 24.1 Å². The topological polar surface area (TPSA) is 122 Å². The highest BCUT2D eigenvalue weighted by atomic mass is 16.5. The van der Waals surface area contributed by atoms with E-state index >= 15 is 0 Å². The van der Waals surface area contributed by atoms with Crippen LogP contribution in [-0.4, -0.2) is 71.8 Å². The van der Waals surface area contributed by atoms with Crippen LogP contribution in [0.5, 0.6) is 0 Å². The summed E-state index contributed by atoms with van der Waals surface area (Å²) >= 11 is 0. The van der Waals surface area contributed by atoms with Crippen LogP contribution in [0, 0.1) is 0 Å². The van der Waals surface area contributed by atoms with Gasteiger partial charge in [-0.1, -0.05) is 6.07 Å². The molecule has 1 unspecified atom stereocenters. The van der Waals surface area contributed by atoms with E-state index in [0.29, 0.717) is 31.8 Å². The molecule has 2 fully saturated rings. The molecule has 0 radical (unpaired) electrons. The minimum atomic E-state index is -0.948. The van der Waals surface area contributed by atoms with E-state index in [0.717, 1.165) is 10.5 Å². The summed E-state index contributed by atoms with van der Waals surface area (Å²) < 4.78 is 5.13. The number of methoxy groups -OCH3 is 1. The van der Waals surface area contributed by atoms with Crippen molar-refractivity contribution < 1.29 is 23.9 Å². The van der Waals surface area contributed by atoms with Crippen LogP contribution in [0.1, 0.15) is 39.1 Å². The lowest BCUT2D eigenvalue weighted by molar-refractivity contribution is -0.136. The number of nitrogens with two attached hydrogens (primary N) is 1. The average molecular weight is 386 g/mol. The first-order chi connectivity index (χ1) is 13.3. The molecule has 3 heterocycles. The molecular formula is C19H22N4O5. The molecule has 0 aliphatic carbocycles. The SMILES string of the molecule is COCC1(N)CN(Cc2ccc3c(c2)C(=O)N(C2CCC(=O)NC2=O)C3=O)C1. The monoisotopic (exact) mass is 386 g/mol. The van der Waals surface area contributed by atoms with E-state index in [4.69, 9.17) is 10.5 Å². The van der Waals surface area contributed by atoms with Crippen LogP contribution in [0.2, 0.25) is 0 Å². The third kappa shape index (κ3) is 3.11. The van der Waals surface area contributed by atoms with Gasteiger partial charge in [0.2, 0.25) is 11.8 Å². The Morgan fingerprint density at radius 2 is 1.89 bits per heavy atom. The van der Waals surface area contributed by atoms with Gasteiger partial charge < -0.3 is 10.5 Å². The fourth-order valence-corrected chi connectivity index (χ4v) is 4.21. The summed E-state index contributed by atoms with van der Waals surface area (Å²) in [5.41, 5.74) is 7.30. The second-order valence-electron chi connectivity index (χ2n) is 7.77. The third-order valence-corrected chi connectivity index (χ3v) is 5.42. The maximum Gasteiger partial charge on any atom is 0.262 e. The first-order valence-electron chi connectivity index (χ1n) is 9.16. The van der Waals surface area contributed by atoms with Crippen molar-refractivity contribution in [3.8, 4) is 0 Å². The van der Waals surface area contributed by atoms with Crippen LogP contribution < -0.4 is 11.1 Å². The molecule has 2 saturated heterocycles. The number of amides is 4. The van der Waals surface area contributed by atoms with Gasteiger partial charge in [0.25, 0.3) is 11.8 Å². The molecule has 1 aromatic rings. The number of rotatable bonds is 5. The molecule has 148 valence electrons. The van der Waals surface area contributed by atoms with E-state index < -0.39 is 23.8 Å². The number of hydrogen-bond acceptors (Lipinski definition) is 7. The van der Waals surface area contributed by atoms with Crippen LogP contribution in [0.15, 0.2) is 18.2 Å². The summed E-state index contributed by atoms with van der Waals surface area (Å²) in [5.74, 6) is -1.98. The Bertz CT molecular complexity index is 877. The molecule has 4 amide bonds. The number of nitrogens with one attached hydrogen (secondary N) is 1. The standard InChI is InChI=1S/C19H22N4O5/c1-28-10-19(20)8-22(9-19)7-11-2-3-12-13(6-11)18(27)23(17(12)26)14-4-5-15(24)21-16(14)25/h2-3,6,14H,4-5,7-10,20H2,1H3,(H,21,24,25). The number of benzene rings is 1. The quantitative estimate of drug-likeness (QED) is 0.638. The van der Waals surface area contributed by atoms with Crippen molar-refractivity contribution in [3.05, 3.63) is 34.9 Å². The minimum Gasteiger partial charge on any atom is -0.383 e. The predicted octanol–water partition coefficient (Wildman–Crippen LogP) is -0.753. The molecule has 0 spiro atoms. The maximum atomic E-state index is 12.8. The lowest BCUT2D eigenvalue weighted by Gasteiger charge is -2.47. The third-order valence-electron chi connectivity index (χ3n) is 5.42. The summed E-state index contributed by atoms with van der Waals surface area (Å²) in [5, 5.41) is 2.19. The normalized spacial score (nSPS) is 24.2. The van der Waals surface area contributed by atoms with Gasteiger partial charge in [-0.25, -0.2) is 0 Å². The van der Waals surface area contributed by atoms with Crippen molar-refractivity contribution in [3.63, 3.8) is 0 Å². The molecule has 0 saturated carbocycles. The van der Waals surface area contributed by atoms with Crippen molar-refractivity contribution in [2.24, 2.45) is 5.73 Å². The fraction of sp³-hybridized carbons (Fsp3) is 0.474. The zero-order valence-corrected chi connectivity index (χ0v) is 15.6. The van der Waals surface area contributed by atoms with Gasteiger partial charge in [0.1, 0.15) is 6.04 Å². The van der Waals surface area contributed by atoms with E-state index in [9.17, 15) is 19.2 Å². The molecule has 3 N–H and O–H groups in total. The zero-order chi connectivity index (χ0) is 20.1. The lowest BCUT2D eigenvalue weighted by atomic mass is 9.91. The largest absolute Gasteiger partial charge is 0.383 e. The molecule has 28 heavy (non-hydrogen) atoms. The van der Waals surface area contributed by atoms with Gasteiger partial charge in [-0.3, -0.25) is 34.3 Å². The summed E-state index contributed by atoms with van der Waals surface area (Å²) in [6.45, 7) is 2.47. The summed E-state index contributed by atoms with van der Waals surface area (Å²) in [7, 11) is 1.62. The molecule has 1 aromatic carbocycles. The molecule has 3 aliphatic rings. The Morgan fingerprint density at radius 3 is 2.57 bits per heavy atom. The minimum absolute atomic E-state index is 0.104. The van der Waals surface area contributed by atoms with E-state index in [1.54, 1.807) is 19.2 Å². The van der Waals surface area contributed by atoms with Crippen LogP contribution in [0.4, 0.5) is 0 Å². The number of hydrogen-bond donors (Lipinski definition) is 2. The van der Waals surface area contributed by atoms with Gasteiger partial charge in [0, 0.05) is 33.2 Å². The first-order valence-corrected chi connectivity index (χ1v) is 9.16. The Hall–Kier alpha value is -2.62. The molecule has 0 bridgehead atoms. The highest BCUT2D eigenvalue weighted by Gasteiger charge is 2.45. The Balaban J connectivity index is 1.49. The molecule has 4 rings (SSSR count). The van der Waals surface area contributed by atoms with Crippen LogP contribution in [-0.2, 0) is 20.9 Å². The molecule has 9 nitrogen and oxygen atoms in total. The van der Waals surface area contributed by atoms with Gasteiger partial charge in [0.15, 0.2) is 0 Å². The van der Waals surface area contributed by atoms with Crippen molar-refractivity contribution in [1.29, 1.82) is 0 Å². The first kappa shape index (κ1) is 18.7. The lowest BCUT2D eigenvalue weighted by Crippen LogP contribution is -2.69. The second kappa shape index (κ2) is 6.77. The van der Waals surface area contributed by atoms with E-state index in [1.165, 1.54) is 0 Å². The smallest absolute Gasteiger partial charge is 0.262 e. The van der Waals surface area contributed by atoms with Crippen molar-refractivity contribution in [2.75, 3.05) is 26.8 Å². The number of nitrogens with zero attached hydrogens (tertiary/aromatic N) is 2. The van der Waals surface area contributed by atoms with Gasteiger partial charge in [-0.2, -0.15) is 0 Å². The number of ether oxygens (including phenoxy) is 1. The Labute approximate surface area is 161 Å². The molecule has 3 aliphatic heterocycles. The zero-order valence-electron chi connectivity index (χ0n) is 15.6. The Morgan fingerprint density at radius 1 is 1.18 bits per heavy atom. The van der Waals surface area contributed by atoms with E-state index in [-0.39, 0.29) is 29.9 Å². The number of carbonyl (C=O) groups excluding carboxylic acids is 4. The highest BCUT2D eigenvalue weighted by Crippen LogP contribution is 2.29. The fourth-order valence-electron chi connectivity index (χ4n) is 4.21. The molecule has 1 atom stereocenters. The molecular weight excluding hydrogens is 364 g/mol. The van der Waals surface area contributed by atoms with Gasteiger partial charge >= 0.3 is 0 Å². The van der Waals surface area contributed by atoms with E-state index in [1.807, 2.05) is 6.07 Å². The van der Waals surface area contributed by atoms with Gasteiger partial charge in [-0.15, -0.1) is 0 Å². The number of fused-ring (bicyclic) bond motifs is 1. The second-order valence-corrected chi connectivity index (χ2v) is 7.77. The average Bonchev–Trinajstić information content (AvgIpc) is 2.85. The summed E-state index contributed by atoms with van der Waals surface area (Å²) in [4.78, 5) is 52.1. The number of imide groups is 2. The highest BCUT2D eigenvalue weighted by molar-refractivity contribution is 6.23. The molecule has 9 heteroatoms. The van der Waals surface area contributed by atoms with Crippen molar-refractivity contribution in [2.45, 2.75) is 31.0 Å². The predicted molar refractivity (Wildman–Crippen MR) is 97.2 cm³/mol. The van der Waals surface area contributed by atoms with Crippen LogP contribution >= 0.6 is 0 Å². The maximum absolute atomic E-state index is 12.8. The Kier molecular flexibility index (Phi) is 4.53. The summed E-state index contributed by atoms with van der Waals surface area (Å²) in [6.07, 6.45) is 0.251.